The monoisotopic (exact) mass is 255 g/mol. The van der Waals surface area contributed by atoms with Crippen LogP contribution in [0, 0.1) is 10.1 Å². The maximum atomic E-state index is 10.9. The van der Waals surface area contributed by atoms with Crippen molar-refractivity contribution in [2.24, 2.45) is 5.84 Å². The smallest absolute Gasteiger partial charge is 0.311 e. The van der Waals surface area contributed by atoms with Gasteiger partial charge in [-0.05, 0) is 19.4 Å². The van der Waals surface area contributed by atoms with Crippen molar-refractivity contribution < 1.29 is 9.66 Å². The van der Waals surface area contributed by atoms with Gasteiger partial charge in [0.05, 0.1) is 4.92 Å². The van der Waals surface area contributed by atoms with E-state index < -0.39 is 4.92 Å². The molecule has 0 bridgehead atoms. The van der Waals surface area contributed by atoms with Crippen LogP contribution < -0.4 is 16.6 Å². The summed E-state index contributed by atoms with van der Waals surface area (Å²) in [5.41, 5.74) is 2.27. The van der Waals surface area contributed by atoms with Crippen LogP contribution in [-0.4, -0.2) is 29.7 Å². The quantitative estimate of drug-likeness (QED) is 0.379. The molecule has 0 saturated heterocycles. The van der Waals surface area contributed by atoms with Crippen LogP contribution in [0.4, 0.5) is 17.3 Å². The van der Waals surface area contributed by atoms with Gasteiger partial charge in [0.2, 0.25) is 5.82 Å². The molecular weight excluding hydrogens is 238 g/mol. The van der Waals surface area contributed by atoms with Gasteiger partial charge in [-0.2, -0.15) is 0 Å². The number of nitrogens with one attached hydrogen (secondary N) is 2. The number of methoxy groups -OCH3 is 1. The van der Waals surface area contributed by atoms with Gasteiger partial charge in [0.15, 0.2) is 0 Å². The Morgan fingerprint density at radius 3 is 2.89 bits per heavy atom. The van der Waals surface area contributed by atoms with E-state index in [0.717, 1.165) is 6.42 Å². The number of nitro groups is 1. The second-order valence-electron chi connectivity index (χ2n) is 3.79. The molecule has 8 heteroatoms. The first-order valence-electron chi connectivity index (χ1n) is 5.46. The Morgan fingerprint density at radius 1 is 1.61 bits per heavy atom. The summed E-state index contributed by atoms with van der Waals surface area (Å²) in [7, 11) is 1.60. The lowest BCUT2D eigenvalue weighted by molar-refractivity contribution is -0.384. The summed E-state index contributed by atoms with van der Waals surface area (Å²) >= 11 is 0. The molecular formula is C10H17N5O3. The third kappa shape index (κ3) is 3.82. The molecule has 0 spiro atoms. The minimum Gasteiger partial charge on any atom is -0.385 e. The Kier molecular flexibility index (Phi) is 5.28. The molecule has 8 nitrogen and oxygen atoms in total. The maximum Gasteiger partial charge on any atom is 0.311 e. The summed E-state index contributed by atoms with van der Waals surface area (Å²) in [5.74, 6) is 5.78. The fourth-order valence-corrected chi connectivity index (χ4v) is 1.39. The summed E-state index contributed by atoms with van der Waals surface area (Å²) in [4.78, 5) is 14.4. The Bertz CT molecular complexity index is 412. The van der Waals surface area contributed by atoms with Crippen LogP contribution in [0.15, 0.2) is 12.1 Å². The zero-order valence-corrected chi connectivity index (χ0v) is 10.3. The van der Waals surface area contributed by atoms with E-state index in [4.69, 9.17) is 10.6 Å². The molecule has 4 N–H and O–H groups in total. The van der Waals surface area contributed by atoms with Crippen LogP contribution in [0.25, 0.3) is 0 Å². The first-order chi connectivity index (χ1) is 8.58. The molecule has 0 amide bonds. The molecule has 0 aliphatic rings. The standard InChI is InChI=1S/C10H17N5O3/c1-7(5-6-18-2)12-10-8(15(16)17)3-4-9(13-10)14-11/h3-4,7H,5-6,11H2,1-2H3,(H2,12,13,14). The van der Waals surface area contributed by atoms with E-state index in [0.29, 0.717) is 12.4 Å². The first kappa shape index (κ1) is 14.1. The van der Waals surface area contributed by atoms with Gasteiger partial charge in [0.1, 0.15) is 5.82 Å². The molecule has 0 aliphatic carbocycles. The van der Waals surface area contributed by atoms with Crippen molar-refractivity contribution in [1.82, 2.24) is 4.98 Å². The van der Waals surface area contributed by atoms with Crippen molar-refractivity contribution in [3.63, 3.8) is 0 Å². The normalized spacial score (nSPS) is 11.9. The Balaban J connectivity index is 2.86. The van der Waals surface area contributed by atoms with Gasteiger partial charge in [0, 0.05) is 25.8 Å². The second kappa shape index (κ2) is 6.72. The predicted molar refractivity (Wildman–Crippen MR) is 68.3 cm³/mol. The predicted octanol–water partition coefficient (Wildman–Crippen LogP) is 1.11. The number of hydrazine groups is 1. The van der Waals surface area contributed by atoms with E-state index in [1.165, 1.54) is 12.1 Å². The van der Waals surface area contributed by atoms with Crippen molar-refractivity contribution >= 4 is 17.3 Å². The summed E-state index contributed by atoms with van der Waals surface area (Å²) in [6.07, 6.45) is 0.718. The number of hydrogen-bond donors (Lipinski definition) is 3. The van der Waals surface area contributed by atoms with Crippen LogP contribution in [0.1, 0.15) is 13.3 Å². The second-order valence-corrected chi connectivity index (χ2v) is 3.79. The zero-order chi connectivity index (χ0) is 13.5. The number of pyridine rings is 1. The number of ether oxygens (including phenoxy) is 1. The van der Waals surface area contributed by atoms with Crippen molar-refractivity contribution in [3.05, 3.63) is 22.2 Å². The van der Waals surface area contributed by atoms with Crippen LogP contribution in [0.3, 0.4) is 0 Å². The number of rotatable bonds is 7. The molecule has 0 aliphatic heterocycles. The highest BCUT2D eigenvalue weighted by Crippen LogP contribution is 2.24. The fourth-order valence-electron chi connectivity index (χ4n) is 1.39. The number of nitrogens with zero attached hydrogens (tertiary/aromatic N) is 2. The van der Waals surface area contributed by atoms with E-state index in [2.05, 4.69) is 15.7 Å². The third-order valence-electron chi connectivity index (χ3n) is 2.36. The van der Waals surface area contributed by atoms with Gasteiger partial charge in [-0.3, -0.25) is 10.1 Å². The largest absolute Gasteiger partial charge is 0.385 e. The van der Waals surface area contributed by atoms with E-state index in [1.54, 1.807) is 7.11 Å². The van der Waals surface area contributed by atoms with E-state index in [-0.39, 0.29) is 17.5 Å². The van der Waals surface area contributed by atoms with Gasteiger partial charge in [-0.25, -0.2) is 10.8 Å². The van der Waals surface area contributed by atoms with Crippen molar-refractivity contribution in [2.75, 3.05) is 24.5 Å². The van der Waals surface area contributed by atoms with E-state index in [9.17, 15) is 10.1 Å². The summed E-state index contributed by atoms with van der Waals surface area (Å²) in [6.45, 7) is 2.46. The Labute approximate surface area is 105 Å². The zero-order valence-electron chi connectivity index (χ0n) is 10.3. The van der Waals surface area contributed by atoms with Gasteiger partial charge in [-0.1, -0.05) is 0 Å². The molecule has 0 fully saturated rings. The molecule has 100 valence electrons. The topological polar surface area (TPSA) is 115 Å². The Morgan fingerprint density at radius 2 is 2.33 bits per heavy atom. The molecule has 1 aromatic rings. The molecule has 18 heavy (non-hydrogen) atoms. The molecule has 0 aromatic carbocycles. The third-order valence-corrected chi connectivity index (χ3v) is 2.36. The van der Waals surface area contributed by atoms with E-state index in [1.807, 2.05) is 6.92 Å². The fraction of sp³-hybridized carbons (Fsp3) is 0.500. The lowest BCUT2D eigenvalue weighted by Gasteiger charge is -2.14. The van der Waals surface area contributed by atoms with Gasteiger partial charge in [-0.15, -0.1) is 0 Å². The summed E-state index contributed by atoms with van der Waals surface area (Å²) < 4.78 is 4.95. The highest BCUT2D eigenvalue weighted by Gasteiger charge is 2.17. The molecule has 1 rings (SSSR count). The molecule has 1 atom stereocenters. The lowest BCUT2D eigenvalue weighted by atomic mass is 10.2. The highest BCUT2D eigenvalue weighted by atomic mass is 16.6. The number of nitrogen functional groups attached to an aromatic ring is 1. The number of nitrogens with two attached hydrogens (primary N) is 1. The summed E-state index contributed by atoms with van der Waals surface area (Å²) in [5, 5.41) is 13.8. The maximum absolute atomic E-state index is 10.9. The number of anilines is 2. The van der Waals surface area contributed by atoms with Gasteiger partial charge in [0.25, 0.3) is 0 Å². The van der Waals surface area contributed by atoms with E-state index >= 15 is 0 Å². The van der Waals surface area contributed by atoms with Crippen LogP contribution in [0.2, 0.25) is 0 Å². The molecule has 1 aromatic heterocycles. The first-order valence-corrected chi connectivity index (χ1v) is 5.46. The average Bonchev–Trinajstić information content (AvgIpc) is 2.35. The van der Waals surface area contributed by atoms with Crippen LogP contribution in [-0.2, 0) is 4.74 Å². The van der Waals surface area contributed by atoms with Gasteiger partial charge < -0.3 is 15.5 Å². The van der Waals surface area contributed by atoms with Crippen molar-refractivity contribution in [1.29, 1.82) is 0 Å². The van der Waals surface area contributed by atoms with Crippen molar-refractivity contribution in [2.45, 2.75) is 19.4 Å². The molecule has 0 radical (unpaired) electrons. The van der Waals surface area contributed by atoms with Crippen LogP contribution in [0.5, 0.6) is 0 Å². The van der Waals surface area contributed by atoms with Crippen molar-refractivity contribution in [3.8, 4) is 0 Å². The summed E-state index contributed by atoms with van der Waals surface area (Å²) in [6, 6.07) is 2.81. The minimum atomic E-state index is -0.487. The highest BCUT2D eigenvalue weighted by molar-refractivity contribution is 5.60. The molecule has 1 heterocycles. The number of hydrogen-bond acceptors (Lipinski definition) is 7. The molecule has 1 unspecified atom stereocenters. The molecule has 0 saturated carbocycles. The lowest BCUT2D eigenvalue weighted by Crippen LogP contribution is -2.19. The Hall–Kier alpha value is -1.93. The van der Waals surface area contributed by atoms with Gasteiger partial charge >= 0.3 is 5.69 Å². The number of aromatic nitrogens is 1. The average molecular weight is 255 g/mol. The minimum absolute atomic E-state index is 0.00387. The van der Waals surface area contributed by atoms with Crippen LogP contribution >= 0.6 is 0 Å². The SMILES string of the molecule is COCCC(C)Nc1nc(NN)ccc1[N+](=O)[O-].